The van der Waals surface area contributed by atoms with Crippen molar-refractivity contribution in [3.63, 3.8) is 0 Å². The lowest BCUT2D eigenvalue weighted by Gasteiger charge is -2.08. The molecule has 0 aliphatic rings. The second-order valence-corrected chi connectivity index (χ2v) is 3.42. The second-order valence-electron chi connectivity index (χ2n) is 3.42. The van der Waals surface area contributed by atoms with Crippen molar-refractivity contribution < 1.29 is 9.18 Å². The Kier molecular flexibility index (Phi) is 3.78. The van der Waals surface area contributed by atoms with Crippen LogP contribution in [0.4, 0.5) is 4.39 Å². The van der Waals surface area contributed by atoms with Gasteiger partial charge < -0.3 is 4.90 Å². The van der Waals surface area contributed by atoms with Gasteiger partial charge in [-0.3, -0.25) is 4.79 Å². The van der Waals surface area contributed by atoms with E-state index in [-0.39, 0.29) is 17.3 Å². The SMILES string of the molecule is CN(C)C(=O)/C(C#N)=C\c1ccc(F)cc1. The zero-order valence-corrected chi connectivity index (χ0v) is 9.07. The van der Waals surface area contributed by atoms with Gasteiger partial charge in [-0.15, -0.1) is 0 Å². The molecule has 82 valence electrons. The smallest absolute Gasteiger partial charge is 0.264 e. The molecule has 0 heterocycles. The van der Waals surface area contributed by atoms with E-state index >= 15 is 0 Å². The number of halogens is 1. The highest BCUT2D eigenvalue weighted by molar-refractivity contribution is 6.01. The molecule has 0 saturated heterocycles. The summed E-state index contributed by atoms with van der Waals surface area (Å²) in [4.78, 5) is 12.8. The average molecular weight is 218 g/mol. The van der Waals surface area contributed by atoms with Crippen LogP contribution in [-0.4, -0.2) is 24.9 Å². The average Bonchev–Trinajstić information content (AvgIpc) is 2.27. The number of carbonyl (C=O) groups is 1. The van der Waals surface area contributed by atoms with E-state index in [1.807, 2.05) is 6.07 Å². The molecule has 4 heteroatoms. The van der Waals surface area contributed by atoms with Crippen LogP contribution in [0.1, 0.15) is 5.56 Å². The topological polar surface area (TPSA) is 44.1 Å². The van der Waals surface area contributed by atoms with Gasteiger partial charge in [-0.1, -0.05) is 12.1 Å². The van der Waals surface area contributed by atoms with Crippen molar-refractivity contribution in [3.8, 4) is 6.07 Å². The zero-order chi connectivity index (χ0) is 12.1. The summed E-state index contributed by atoms with van der Waals surface area (Å²) in [5.41, 5.74) is 0.643. The van der Waals surface area contributed by atoms with Crippen molar-refractivity contribution in [1.82, 2.24) is 4.90 Å². The Morgan fingerprint density at radius 2 is 1.94 bits per heavy atom. The maximum Gasteiger partial charge on any atom is 0.264 e. The summed E-state index contributed by atoms with van der Waals surface area (Å²) in [6.07, 6.45) is 1.43. The maximum atomic E-state index is 12.6. The first-order valence-corrected chi connectivity index (χ1v) is 4.63. The van der Waals surface area contributed by atoms with Crippen molar-refractivity contribution >= 4 is 12.0 Å². The first-order valence-electron chi connectivity index (χ1n) is 4.63. The Bertz CT molecular complexity index is 455. The van der Waals surface area contributed by atoms with E-state index in [0.717, 1.165) is 0 Å². The molecule has 1 amide bonds. The third-order valence-corrected chi connectivity index (χ3v) is 1.94. The minimum absolute atomic E-state index is 0.0246. The minimum atomic E-state index is -0.369. The molecule has 0 N–H and O–H groups in total. The van der Waals surface area contributed by atoms with Gasteiger partial charge in [-0.2, -0.15) is 5.26 Å². The molecular weight excluding hydrogens is 207 g/mol. The van der Waals surface area contributed by atoms with Crippen LogP contribution in [0.25, 0.3) is 6.08 Å². The summed E-state index contributed by atoms with van der Waals surface area (Å²) >= 11 is 0. The molecule has 1 aromatic rings. The molecule has 0 bridgehead atoms. The molecule has 0 atom stereocenters. The fraction of sp³-hybridized carbons (Fsp3) is 0.167. The van der Waals surface area contributed by atoms with E-state index in [4.69, 9.17) is 5.26 Å². The van der Waals surface area contributed by atoms with Gasteiger partial charge in [0.15, 0.2) is 0 Å². The third-order valence-electron chi connectivity index (χ3n) is 1.94. The molecule has 3 nitrogen and oxygen atoms in total. The van der Waals surface area contributed by atoms with Crippen molar-refractivity contribution in [2.45, 2.75) is 0 Å². The molecule has 0 aromatic heterocycles. The lowest BCUT2D eigenvalue weighted by Crippen LogP contribution is -2.22. The standard InChI is InChI=1S/C12H11FN2O/c1-15(2)12(16)10(8-14)7-9-3-5-11(13)6-4-9/h3-7H,1-2H3/b10-7-. The number of nitrogens with zero attached hydrogens (tertiary/aromatic N) is 2. The first-order chi connectivity index (χ1) is 7.54. The summed E-state index contributed by atoms with van der Waals surface area (Å²) in [5, 5.41) is 8.82. The van der Waals surface area contributed by atoms with Gasteiger partial charge >= 0.3 is 0 Å². The highest BCUT2D eigenvalue weighted by Crippen LogP contribution is 2.09. The van der Waals surface area contributed by atoms with Gasteiger partial charge in [0.1, 0.15) is 17.5 Å². The fourth-order valence-corrected chi connectivity index (χ4v) is 1.11. The van der Waals surface area contributed by atoms with Crippen molar-refractivity contribution in [1.29, 1.82) is 5.26 Å². The van der Waals surface area contributed by atoms with Crippen LogP contribution >= 0.6 is 0 Å². The normalized spacial score (nSPS) is 10.8. The number of carbonyl (C=O) groups excluding carboxylic acids is 1. The van der Waals surface area contributed by atoms with E-state index in [2.05, 4.69) is 0 Å². The van der Waals surface area contributed by atoms with Crippen LogP contribution in [0.5, 0.6) is 0 Å². The minimum Gasteiger partial charge on any atom is -0.344 e. The fourth-order valence-electron chi connectivity index (χ4n) is 1.11. The highest BCUT2D eigenvalue weighted by Gasteiger charge is 2.10. The van der Waals surface area contributed by atoms with Crippen LogP contribution in [0.3, 0.4) is 0 Å². The van der Waals surface area contributed by atoms with E-state index in [0.29, 0.717) is 5.56 Å². The largest absolute Gasteiger partial charge is 0.344 e. The second kappa shape index (κ2) is 5.08. The number of amides is 1. The van der Waals surface area contributed by atoms with Crippen LogP contribution in [0, 0.1) is 17.1 Å². The van der Waals surface area contributed by atoms with Crippen LogP contribution < -0.4 is 0 Å². The molecule has 0 spiro atoms. The summed E-state index contributed by atoms with van der Waals surface area (Å²) < 4.78 is 12.6. The number of hydrogen-bond acceptors (Lipinski definition) is 2. The monoisotopic (exact) mass is 218 g/mol. The van der Waals surface area contributed by atoms with Crippen LogP contribution in [0.2, 0.25) is 0 Å². The van der Waals surface area contributed by atoms with Crippen molar-refractivity contribution in [3.05, 3.63) is 41.2 Å². The number of benzene rings is 1. The molecule has 0 saturated carbocycles. The molecule has 0 unspecified atom stereocenters. The predicted octanol–water partition coefficient (Wildman–Crippen LogP) is 1.82. The summed E-state index contributed by atoms with van der Waals surface area (Å²) in [5.74, 6) is -0.721. The van der Waals surface area contributed by atoms with Crippen molar-refractivity contribution in [2.24, 2.45) is 0 Å². The Labute approximate surface area is 93.4 Å². The number of nitriles is 1. The molecule has 1 aromatic carbocycles. The van der Waals surface area contributed by atoms with Crippen LogP contribution in [0.15, 0.2) is 29.8 Å². The number of rotatable bonds is 2. The predicted molar refractivity (Wildman–Crippen MR) is 58.7 cm³/mol. The van der Waals surface area contributed by atoms with E-state index in [1.54, 1.807) is 14.1 Å². The maximum absolute atomic E-state index is 12.6. The molecule has 1 rings (SSSR count). The zero-order valence-electron chi connectivity index (χ0n) is 9.07. The number of likely N-dealkylation sites (N-methyl/N-ethyl adjacent to an activating group) is 1. The van der Waals surface area contributed by atoms with Gasteiger partial charge in [0.2, 0.25) is 0 Å². The summed E-state index contributed by atoms with van der Waals surface area (Å²) in [7, 11) is 3.14. The number of hydrogen-bond donors (Lipinski definition) is 0. The quantitative estimate of drug-likeness (QED) is 0.561. The van der Waals surface area contributed by atoms with E-state index in [1.165, 1.54) is 35.2 Å². The summed E-state index contributed by atoms with van der Waals surface area (Å²) in [6, 6.07) is 7.40. The Hall–Kier alpha value is -2.15. The van der Waals surface area contributed by atoms with Gasteiger partial charge in [0.05, 0.1) is 0 Å². The van der Waals surface area contributed by atoms with E-state index < -0.39 is 0 Å². The van der Waals surface area contributed by atoms with Crippen LogP contribution in [-0.2, 0) is 4.79 Å². The Morgan fingerprint density at radius 3 is 2.38 bits per heavy atom. The third kappa shape index (κ3) is 2.92. The highest BCUT2D eigenvalue weighted by atomic mass is 19.1. The van der Waals surface area contributed by atoms with Gasteiger partial charge in [-0.05, 0) is 23.8 Å². The van der Waals surface area contributed by atoms with Gasteiger partial charge in [0, 0.05) is 14.1 Å². The van der Waals surface area contributed by atoms with E-state index in [9.17, 15) is 9.18 Å². The Morgan fingerprint density at radius 1 is 1.38 bits per heavy atom. The van der Waals surface area contributed by atoms with Gasteiger partial charge in [0.25, 0.3) is 5.91 Å². The molecule has 0 aliphatic carbocycles. The Balaban J connectivity index is 3.02. The molecule has 0 aliphatic heterocycles. The lowest BCUT2D eigenvalue weighted by molar-refractivity contribution is -0.124. The molecule has 0 radical (unpaired) electrons. The van der Waals surface area contributed by atoms with Crippen molar-refractivity contribution in [2.75, 3.05) is 14.1 Å². The lowest BCUT2D eigenvalue weighted by atomic mass is 10.1. The van der Waals surface area contributed by atoms with Gasteiger partial charge in [-0.25, -0.2) is 4.39 Å². The summed E-state index contributed by atoms with van der Waals surface area (Å²) in [6.45, 7) is 0. The molecule has 0 fully saturated rings. The molecular formula is C12H11FN2O. The molecule has 16 heavy (non-hydrogen) atoms. The first kappa shape index (κ1) is 11.9.